The monoisotopic (exact) mass is 502 g/mol. The van der Waals surface area contributed by atoms with E-state index in [1.165, 1.54) is 22.3 Å². The Morgan fingerprint density at radius 3 is 2.61 bits per heavy atom. The number of fused-ring (bicyclic) bond motifs is 1. The number of amides is 1. The van der Waals surface area contributed by atoms with Gasteiger partial charge in [-0.3, -0.25) is 14.5 Å². The lowest BCUT2D eigenvalue weighted by Gasteiger charge is -2.24. The number of carbonyl (C=O) groups is 2. The first kappa shape index (κ1) is 23.4. The number of ether oxygens (including phenoxy) is 2. The molecular formula is C27H22N2O6S. The average Bonchev–Trinajstić information content (AvgIpc) is 3.58. The highest BCUT2D eigenvalue weighted by atomic mass is 32.1. The second kappa shape index (κ2) is 9.35. The third kappa shape index (κ3) is 4.03. The number of ketones is 1. The van der Waals surface area contributed by atoms with Gasteiger partial charge in [-0.1, -0.05) is 36.1 Å². The molecule has 2 aromatic heterocycles. The molecule has 36 heavy (non-hydrogen) atoms. The van der Waals surface area contributed by atoms with Gasteiger partial charge in [0.05, 0.1) is 28.9 Å². The molecule has 1 N–H and O–H groups in total. The van der Waals surface area contributed by atoms with Gasteiger partial charge >= 0.3 is 0 Å². The molecule has 0 fully saturated rings. The maximum absolute atomic E-state index is 13.5. The highest BCUT2D eigenvalue weighted by molar-refractivity contribution is 7.22. The van der Waals surface area contributed by atoms with Gasteiger partial charge in [0.1, 0.15) is 23.9 Å². The molecule has 1 aliphatic heterocycles. The van der Waals surface area contributed by atoms with Crippen LogP contribution in [0.1, 0.15) is 27.9 Å². The minimum atomic E-state index is -0.925. The molecule has 0 saturated carbocycles. The third-order valence-corrected chi connectivity index (χ3v) is 6.79. The van der Waals surface area contributed by atoms with Crippen LogP contribution in [0.2, 0.25) is 0 Å². The largest absolute Gasteiger partial charge is 0.503 e. The van der Waals surface area contributed by atoms with E-state index in [0.717, 1.165) is 4.70 Å². The number of aryl methyl sites for hydroxylation is 1. The molecule has 0 saturated heterocycles. The summed E-state index contributed by atoms with van der Waals surface area (Å²) in [5.41, 5.74) is 1.18. The normalized spacial score (nSPS) is 15.6. The third-order valence-electron chi connectivity index (χ3n) is 5.77. The SMILES string of the molecule is C=CCOc1ccc(C2C(C(=O)c3ccc(C)o3)=C(O)C(=O)N2c2nc3ccc(OC)cc3s2)cc1. The minimum absolute atomic E-state index is 0.0358. The van der Waals surface area contributed by atoms with Crippen molar-refractivity contribution >= 4 is 38.4 Å². The van der Waals surface area contributed by atoms with E-state index in [1.54, 1.807) is 62.6 Å². The summed E-state index contributed by atoms with van der Waals surface area (Å²) in [6.07, 6.45) is 1.64. The van der Waals surface area contributed by atoms with E-state index in [9.17, 15) is 14.7 Å². The van der Waals surface area contributed by atoms with Gasteiger partial charge in [-0.05, 0) is 55.0 Å². The number of hydrogen-bond acceptors (Lipinski definition) is 8. The quantitative estimate of drug-likeness (QED) is 0.249. The molecule has 9 heteroatoms. The molecule has 0 spiro atoms. The first-order valence-electron chi connectivity index (χ1n) is 11.1. The smallest absolute Gasteiger partial charge is 0.296 e. The number of hydrogen-bond donors (Lipinski definition) is 1. The van der Waals surface area contributed by atoms with Crippen molar-refractivity contribution in [3.05, 3.63) is 95.7 Å². The molecule has 2 aromatic carbocycles. The molecule has 1 atom stereocenters. The molecule has 3 heterocycles. The van der Waals surface area contributed by atoms with E-state index in [2.05, 4.69) is 11.6 Å². The van der Waals surface area contributed by atoms with Crippen molar-refractivity contribution in [2.75, 3.05) is 18.6 Å². The number of aromatic nitrogens is 1. The summed E-state index contributed by atoms with van der Waals surface area (Å²) in [7, 11) is 1.57. The lowest BCUT2D eigenvalue weighted by molar-refractivity contribution is -0.117. The summed E-state index contributed by atoms with van der Waals surface area (Å²) in [6.45, 7) is 5.69. The molecule has 5 rings (SSSR count). The molecule has 0 radical (unpaired) electrons. The van der Waals surface area contributed by atoms with Crippen molar-refractivity contribution < 1.29 is 28.6 Å². The van der Waals surface area contributed by atoms with E-state index in [1.807, 2.05) is 6.07 Å². The maximum Gasteiger partial charge on any atom is 0.296 e. The summed E-state index contributed by atoms with van der Waals surface area (Å²) in [4.78, 5) is 32.8. The summed E-state index contributed by atoms with van der Waals surface area (Å²) in [5, 5.41) is 11.3. The summed E-state index contributed by atoms with van der Waals surface area (Å²) < 4.78 is 17.2. The second-order valence-electron chi connectivity index (χ2n) is 8.08. The molecule has 0 aliphatic carbocycles. The predicted molar refractivity (Wildman–Crippen MR) is 136 cm³/mol. The first-order chi connectivity index (χ1) is 17.4. The Kier molecular flexibility index (Phi) is 6.07. The second-order valence-corrected chi connectivity index (χ2v) is 9.09. The van der Waals surface area contributed by atoms with E-state index in [-0.39, 0.29) is 11.3 Å². The van der Waals surface area contributed by atoms with Crippen molar-refractivity contribution in [3.8, 4) is 11.5 Å². The number of Topliss-reactive ketones (excluding diaryl/α,β-unsaturated/α-hetero) is 1. The van der Waals surface area contributed by atoms with Crippen molar-refractivity contribution in [1.29, 1.82) is 0 Å². The zero-order valence-corrected chi connectivity index (χ0v) is 20.4. The van der Waals surface area contributed by atoms with Crippen molar-refractivity contribution in [2.24, 2.45) is 0 Å². The topological polar surface area (TPSA) is 102 Å². The molecule has 8 nitrogen and oxygen atoms in total. The van der Waals surface area contributed by atoms with Gasteiger partial charge in [-0.15, -0.1) is 0 Å². The highest BCUT2D eigenvalue weighted by Gasteiger charge is 2.46. The lowest BCUT2D eigenvalue weighted by Crippen LogP contribution is -2.30. The van der Waals surface area contributed by atoms with E-state index < -0.39 is 23.5 Å². The van der Waals surface area contributed by atoms with Crippen LogP contribution in [0.3, 0.4) is 0 Å². The van der Waals surface area contributed by atoms with Crippen LogP contribution in [-0.2, 0) is 4.79 Å². The van der Waals surface area contributed by atoms with Gasteiger partial charge in [-0.2, -0.15) is 0 Å². The molecule has 182 valence electrons. The Morgan fingerprint density at radius 1 is 1.19 bits per heavy atom. The van der Waals surface area contributed by atoms with Gasteiger partial charge in [0.2, 0.25) is 5.78 Å². The number of nitrogens with zero attached hydrogens (tertiary/aromatic N) is 2. The van der Waals surface area contributed by atoms with Crippen molar-refractivity contribution in [2.45, 2.75) is 13.0 Å². The lowest BCUT2D eigenvalue weighted by atomic mass is 9.95. The number of rotatable bonds is 8. The summed E-state index contributed by atoms with van der Waals surface area (Å²) >= 11 is 1.26. The van der Waals surface area contributed by atoms with Crippen LogP contribution in [-0.4, -0.2) is 35.5 Å². The Bertz CT molecular complexity index is 1510. The van der Waals surface area contributed by atoms with Gasteiger partial charge in [0, 0.05) is 0 Å². The number of thiazole rings is 1. The van der Waals surface area contributed by atoms with E-state index in [0.29, 0.717) is 40.1 Å². The molecular weight excluding hydrogens is 480 g/mol. The van der Waals surface area contributed by atoms with E-state index in [4.69, 9.17) is 13.9 Å². The van der Waals surface area contributed by atoms with Crippen LogP contribution in [0.15, 0.2) is 83.0 Å². The van der Waals surface area contributed by atoms with Gasteiger partial charge in [-0.25, -0.2) is 4.98 Å². The number of aliphatic hydroxyl groups excluding tert-OH is 1. The summed E-state index contributed by atoms with van der Waals surface area (Å²) in [5.74, 6) is -0.0936. The number of carbonyl (C=O) groups excluding carboxylic acids is 2. The van der Waals surface area contributed by atoms with Crippen LogP contribution >= 0.6 is 11.3 Å². The van der Waals surface area contributed by atoms with Crippen molar-refractivity contribution in [1.82, 2.24) is 4.98 Å². The Hall–Kier alpha value is -4.37. The molecule has 0 bridgehead atoms. The minimum Gasteiger partial charge on any atom is -0.503 e. The van der Waals surface area contributed by atoms with Crippen LogP contribution in [0, 0.1) is 6.92 Å². The Morgan fingerprint density at radius 2 is 1.94 bits per heavy atom. The number of methoxy groups -OCH3 is 1. The maximum atomic E-state index is 13.5. The van der Waals surface area contributed by atoms with Gasteiger partial charge in [0.25, 0.3) is 5.91 Å². The number of benzene rings is 2. The van der Waals surface area contributed by atoms with Crippen LogP contribution in [0.4, 0.5) is 5.13 Å². The van der Waals surface area contributed by atoms with Gasteiger partial charge < -0.3 is 19.0 Å². The fraction of sp³-hybridized carbons (Fsp3) is 0.148. The Labute approximate surface area is 210 Å². The standard InChI is InChI=1S/C27H22N2O6S/c1-4-13-34-17-8-6-16(7-9-17)23-22(24(30)20-12-5-15(2)35-20)25(31)26(32)29(23)27-28-19-11-10-18(33-3)14-21(19)36-27/h4-12,14,23,31H,1,13H2,2-3H3. The van der Waals surface area contributed by atoms with Crippen LogP contribution < -0.4 is 14.4 Å². The van der Waals surface area contributed by atoms with E-state index >= 15 is 0 Å². The van der Waals surface area contributed by atoms with Crippen LogP contribution in [0.25, 0.3) is 10.2 Å². The molecule has 1 aliphatic rings. The fourth-order valence-electron chi connectivity index (χ4n) is 4.06. The average molecular weight is 503 g/mol. The van der Waals surface area contributed by atoms with Crippen molar-refractivity contribution in [3.63, 3.8) is 0 Å². The summed E-state index contributed by atoms with van der Waals surface area (Å²) in [6, 6.07) is 14.6. The zero-order chi connectivity index (χ0) is 25.4. The van der Waals surface area contributed by atoms with Crippen LogP contribution in [0.5, 0.6) is 11.5 Å². The highest BCUT2D eigenvalue weighted by Crippen LogP contribution is 2.44. The zero-order valence-electron chi connectivity index (χ0n) is 19.6. The number of anilines is 1. The van der Waals surface area contributed by atoms with Gasteiger partial charge in [0.15, 0.2) is 16.7 Å². The number of aliphatic hydroxyl groups is 1. The molecule has 4 aromatic rings. The molecule has 1 amide bonds. The first-order valence-corrected chi connectivity index (χ1v) is 11.9. The number of furan rings is 1. The fourth-order valence-corrected chi connectivity index (χ4v) is 5.08. The predicted octanol–water partition coefficient (Wildman–Crippen LogP) is 5.55. The molecule has 1 unspecified atom stereocenters. The Balaban J connectivity index is 1.62.